The van der Waals surface area contributed by atoms with Crippen molar-refractivity contribution < 1.29 is 4.79 Å². The molecule has 0 atom stereocenters. The van der Waals surface area contributed by atoms with Gasteiger partial charge in [0.2, 0.25) is 0 Å². The van der Waals surface area contributed by atoms with Crippen LogP contribution in [0.25, 0.3) is 0 Å². The topological polar surface area (TPSA) is 40.9 Å². The van der Waals surface area contributed by atoms with Crippen LogP contribution in [0.15, 0.2) is 12.1 Å². The van der Waals surface area contributed by atoms with Gasteiger partial charge in [-0.3, -0.25) is 4.79 Å². The Hall–Kier alpha value is -0.750. The first-order valence-corrected chi connectivity index (χ1v) is 4.87. The number of carbonyl (C=O) groups excluding carboxylic acids is 1. The van der Waals surface area contributed by atoms with Crippen LogP contribution < -0.4 is 0 Å². The van der Waals surface area contributed by atoms with E-state index in [0.717, 1.165) is 0 Å². The third-order valence-electron chi connectivity index (χ3n) is 1.58. The number of Topliss-reactive ketones (excluding diaryl/α,β-unsaturated/α-hetero) is 1. The maximum Gasteiger partial charge on any atom is 0.180 e. The molecule has 0 bridgehead atoms. The van der Waals surface area contributed by atoms with Crippen molar-refractivity contribution in [3.63, 3.8) is 0 Å². The van der Waals surface area contributed by atoms with Gasteiger partial charge in [-0.15, -0.1) is 11.6 Å². The molecule has 0 radical (unpaired) electrons. The molecule has 0 heterocycles. The van der Waals surface area contributed by atoms with E-state index >= 15 is 0 Å². The van der Waals surface area contributed by atoms with Crippen LogP contribution in [0.3, 0.4) is 0 Å². The third kappa shape index (κ3) is 2.19. The van der Waals surface area contributed by atoms with Gasteiger partial charge in [-0.05, 0) is 12.1 Å². The molecular formula is C9H4Cl3NO. The summed E-state index contributed by atoms with van der Waals surface area (Å²) in [6, 6.07) is 4.63. The molecule has 0 fully saturated rings. The molecule has 0 amide bonds. The minimum Gasteiger partial charge on any atom is -0.293 e. The Bertz CT molecular complexity index is 423. The summed E-state index contributed by atoms with van der Waals surface area (Å²) < 4.78 is 0. The molecule has 0 aliphatic carbocycles. The Morgan fingerprint density at radius 1 is 1.43 bits per heavy atom. The lowest BCUT2D eigenvalue weighted by atomic mass is 10.1. The molecule has 1 aromatic rings. The van der Waals surface area contributed by atoms with Crippen LogP contribution in [0.5, 0.6) is 0 Å². The maximum atomic E-state index is 11.3. The molecule has 0 spiro atoms. The molecule has 0 N–H and O–H groups in total. The van der Waals surface area contributed by atoms with Gasteiger partial charge in [0.1, 0.15) is 0 Å². The number of alkyl halides is 1. The predicted molar refractivity (Wildman–Crippen MR) is 56.2 cm³/mol. The Kier molecular flexibility index (Phi) is 3.77. The molecule has 5 heteroatoms. The Morgan fingerprint density at radius 3 is 2.57 bits per heavy atom. The second-order valence-corrected chi connectivity index (χ2v) is 3.59. The van der Waals surface area contributed by atoms with E-state index in [1.807, 2.05) is 6.07 Å². The quantitative estimate of drug-likeness (QED) is 0.595. The van der Waals surface area contributed by atoms with Crippen molar-refractivity contribution in [1.82, 2.24) is 0 Å². The number of nitriles is 1. The SMILES string of the molecule is N#Cc1cc(Cl)cc(Cl)c1C(=O)CCl. The number of rotatable bonds is 2. The first-order valence-electron chi connectivity index (χ1n) is 3.58. The van der Waals surface area contributed by atoms with Crippen LogP contribution in [0.4, 0.5) is 0 Å². The van der Waals surface area contributed by atoms with Gasteiger partial charge in [0.05, 0.1) is 28.1 Å². The summed E-state index contributed by atoms with van der Waals surface area (Å²) in [7, 11) is 0. The van der Waals surface area contributed by atoms with Crippen molar-refractivity contribution in [3.05, 3.63) is 33.3 Å². The number of nitrogens with zero attached hydrogens (tertiary/aromatic N) is 1. The van der Waals surface area contributed by atoms with Crippen molar-refractivity contribution in [3.8, 4) is 6.07 Å². The normalized spacial score (nSPS) is 9.57. The van der Waals surface area contributed by atoms with Gasteiger partial charge in [0, 0.05) is 5.02 Å². The highest BCUT2D eigenvalue weighted by Crippen LogP contribution is 2.25. The van der Waals surface area contributed by atoms with Crippen LogP contribution in [0.2, 0.25) is 10.0 Å². The highest BCUT2D eigenvalue weighted by molar-refractivity contribution is 6.39. The summed E-state index contributed by atoms with van der Waals surface area (Å²) in [6.45, 7) is 0. The van der Waals surface area contributed by atoms with Gasteiger partial charge in [0.15, 0.2) is 5.78 Å². The van der Waals surface area contributed by atoms with E-state index in [-0.39, 0.29) is 27.8 Å². The Morgan fingerprint density at radius 2 is 2.07 bits per heavy atom. The second-order valence-electron chi connectivity index (χ2n) is 2.48. The zero-order chi connectivity index (χ0) is 10.7. The number of ketones is 1. The van der Waals surface area contributed by atoms with Gasteiger partial charge in [-0.2, -0.15) is 5.26 Å². The molecule has 0 saturated carbocycles. The zero-order valence-corrected chi connectivity index (χ0v) is 9.12. The molecule has 1 rings (SSSR count). The number of benzene rings is 1. The summed E-state index contributed by atoms with van der Waals surface area (Å²) in [5, 5.41) is 9.22. The lowest BCUT2D eigenvalue weighted by Crippen LogP contribution is -2.04. The minimum atomic E-state index is -0.384. The molecule has 14 heavy (non-hydrogen) atoms. The van der Waals surface area contributed by atoms with Gasteiger partial charge in [-0.1, -0.05) is 23.2 Å². The highest BCUT2D eigenvalue weighted by Gasteiger charge is 2.15. The Labute approximate surface area is 96.0 Å². The smallest absolute Gasteiger partial charge is 0.180 e. The van der Waals surface area contributed by atoms with E-state index in [0.29, 0.717) is 5.02 Å². The summed E-state index contributed by atoms with van der Waals surface area (Å²) in [4.78, 5) is 11.3. The monoisotopic (exact) mass is 247 g/mol. The van der Waals surface area contributed by atoms with E-state index in [9.17, 15) is 4.79 Å². The van der Waals surface area contributed by atoms with E-state index in [1.165, 1.54) is 12.1 Å². The van der Waals surface area contributed by atoms with Crippen molar-refractivity contribution in [1.29, 1.82) is 5.26 Å². The van der Waals surface area contributed by atoms with Crippen molar-refractivity contribution in [2.45, 2.75) is 0 Å². The fourth-order valence-electron chi connectivity index (χ4n) is 1.01. The molecule has 0 aliphatic rings. The molecule has 2 nitrogen and oxygen atoms in total. The van der Waals surface area contributed by atoms with Crippen molar-refractivity contribution >= 4 is 40.6 Å². The number of halogens is 3. The van der Waals surface area contributed by atoms with Gasteiger partial charge < -0.3 is 0 Å². The lowest BCUT2D eigenvalue weighted by Gasteiger charge is -2.03. The highest BCUT2D eigenvalue weighted by atomic mass is 35.5. The van der Waals surface area contributed by atoms with E-state index < -0.39 is 0 Å². The van der Waals surface area contributed by atoms with Crippen molar-refractivity contribution in [2.75, 3.05) is 5.88 Å². The van der Waals surface area contributed by atoms with E-state index in [1.54, 1.807) is 0 Å². The summed E-state index contributed by atoms with van der Waals surface area (Å²) in [5.74, 6) is -0.597. The molecular weight excluding hydrogens is 244 g/mol. The lowest BCUT2D eigenvalue weighted by molar-refractivity contribution is 0.102. The molecule has 0 aromatic heterocycles. The zero-order valence-electron chi connectivity index (χ0n) is 6.85. The number of carbonyl (C=O) groups is 1. The molecule has 0 saturated heterocycles. The third-order valence-corrected chi connectivity index (χ3v) is 2.33. The number of hydrogen-bond acceptors (Lipinski definition) is 2. The van der Waals surface area contributed by atoms with Crippen LogP contribution in [-0.2, 0) is 0 Å². The fourth-order valence-corrected chi connectivity index (χ4v) is 1.74. The summed E-state index contributed by atoms with van der Waals surface area (Å²) in [5.41, 5.74) is 0.279. The minimum absolute atomic E-state index is 0.133. The van der Waals surface area contributed by atoms with Gasteiger partial charge >= 0.3 is 0 Å². The average Bonchev–Trinajstić information content (AvgIpc) is 2.15. The van der Waals surface area contributed by atoms with Crippen molar-refractivity contribution in [2.24, 2.45) is 0 Å². The van der Waals surface area contributed by atoms with Gasteiger partial charge in [-0.25, -0.2) is 0 Å². The maximum absolute atomic E-state index is 11.3. The Balaban J connectivity index is 3.42. The van der Waals surface area contributed by atoms with Crippen LogP contribution in [-0.4, -0.2) is 11.7 Å². The van der Waals surface area contributed by atoms with E-state index in [4.69, 9.17) is 40.1 Å². The molecule has 0 unspecified atom stereocenters. The molecule has 72 valence electrons. The van der Waals surface area contributed by atoms with Crippen LogP contribution in [0.1, 0.15) is 15.9 Å². The second kappa shape index (κ2) is 4.65. The first-order chi connectivity index (χ1) is 6.60. The largest absolute Gasteiger partial charge is 0.293 e. The first kappa shape index (κ1) is 11.3. The average molecular weight is 248 g/mol. The van der Waals surface area contributed by atoms with Crippen LogP contribution in [0, 0.1) is 11.3 Å². The predicted octanol–water partition coefficient (Wildman–Crippen LogP) is 3.29. The summed E-state index contributed by atoms with van der Waals surface area (Å²) in [6.07, 6.45) is 0. The standard InChI is InChI=1S/C9H4Cl3NO/c10-3-8(14)9-5(4-13)1-6(11)2-7(9)12/h1-2H,3H2. The fraction of sp³-hybridized carbons (Fsp3) is 0.111. The van der Waals surface area contributed by atoms with E-state index in [2.05, 4.69) is 0 Å². The molecule has 1 aromatic carbocycles. The van der Waals surface area contributed by atoms with Gasteiger partial charge in [0.25, 0.3) is 0 Å². The molecule has 0 aliphatic heterocycles. The summed E-state index contributed by atoms with van der Waals surface area (Å²) >= 11 is 16.8. The van der Waals surface area contributed by atoms with Crippen LogP contribution >= 0.6 is 34.8 Å². The number of hydrogen-bond donors (Lipinski definition) is 0.